The molecule has 0 amide bonds. The number of benzene rings is 3. The van der Waals surface area contributed by atoms with E-state index in [-0.39, 0.29) is 20.4 Å². The molecule has 25 heavy (non-hydrogen) atoms. The molecule has 0 saturated heterocycles. The summed E-state index contributed by atoms with van der Waals surface area (Å²) in [6.07, 6.45) is 0. The Morgan fingerprint density at radius 3 is 1.92 bits per heavy atom. The van der Waals surface area contributed by atoms with Crippen LogP contribution in [0, 0.1) is 6.92 Å². The van der Waals surface area contributed by atoms with Gasteiger partial charge >= 0.3 is 166 Å². The number of hydrogen-bond acceptors (Lipinski definition) is 0. The molecule has 0 saturated carbocycles. The van der Waals surface area contributed by atoms with Gasteiger partial charge in [0.1, 0.15) is 0 Å². The molecule has 0 fully saturated rings. The summed E-state index contributed by atoms with van der Waals surface area (Å²) in [7, 11) is 0. The third kappa shape index (κ3) is 3.84. The second-order valence-electron chi connectivity index (χ2n) is 5.90. The van der Waals surface area contributed by atoms with Crippen LogP contribution in [0.1, 0.15) is 5.56 Å². The topological polar surface area (TPSA) is 0 Å². The molecule has 0 aliphatic carbocycles. The fourth-order valence-corrected chi connectivity index (χ4v) is 9.64. The summed E-state index contributed by atoms with van der Waals surface area (Å²) in [6.45, 7) is 2.23. The number of hydrogen-bond donors (Lipinski definition) is 0. The fourth-order valence-electron chi connectivity index (χ4n) is 2.77. The molecule has 0 unspecified atom stereocenters. The van der Waals surface area contributed by atoms with Gasteiger partial charge in [0.15, 0.2) is 0 Å². The fraction of sp³-hybridized carbons (Fsp3) is 0.0435. The third-order valence-corrected chi connectivity index (χ3v) is 11.1. The average Bonchev–Trinajstić information content (AvgIpc) is 3.09. The molecule has 1 heterocycles. The maximum atomic E-state index is 2.49. The molecule has 0 spiro atoms. The van der Waals surface area contributed by atoms with Crippen molar-refractivity contribution in [3.8, 4) is 18.3 Å². The zero-order valence-electron chi connectivity index (χ0n) is 14.0. The van der Waals surface area contributed by atoms with Gasteiger partial charge in [-0.15, -0.1) is 0 Å². The summed E-state index contributed by atoms with van der Waals surface area (Å²) >= 11 is 0.00838. The van der Waals surface area contributed by atoms with E-state index in [4.69, 9.17) is 0 Å². The Hall–Kier alpha value is -1.55. The van der Waals surface area contributed by atoms with Gasteiger partial charge in [-0.25, -0.2) is 0 Å². The Morgan fingerprint density at radius 2 is 1.24 bits per heavy atom. The van der Waals surface area contributed by atoms with Crippen LogP contribution in [-0.2, 0) is 0 Å². The van der Waals surface area contributed by atoms with E-state index < -0.39 is 0 Å². The van der Waals surface area contributed by atoms with Gasteiger partial charge in [0.25, 0.3) is 0 Å². The van der Waals surface area contributed by atoms with Crippen LogP contribution in [0.2, 0.25) is 0 Å². The van der Waals surface area contributed by atoms with Crippen molar-refractivity contribution in [3.05, 3.63) is 96.6 Å². The monoisotopic (exact) mass is 504 g/mol. The molecule has 0 aliphatic rings. The quantitative estimate of drug-likeness (QED) is 0.371. The maximum absolute atomic E-state index is 2.49. The van der Waals surface area contributed by atoms with Crippen molar-refractivity contribution >= 4 is 44.3 Å². The van der Waals surface area contributed by atoms with Crippen molar-refractivity contribution in [3.63, 3.8) is 0 Å². The Morgan fingerprint density at radius 1 is 0.640 bits per heavy atom. The first-order chi connectivity index (χ1) is 12.3. The van der Waals surface area contributed by atoms with Gasteiger partial charge in [-0.3, -0.25) is 0 Å². The zero-order chi connectivity index (χ0) is 17.1. The standard InChI is InChI=1S/C23H18SeTe/c1-17-10-8-9-15-20(17)24-21-16-22(18-11-4-2-5-12-18)25-23(21)19-13-6-3-7-14-19/h2-16H,1H3. The Bertz CT molecular complexity index is 971. The van der Waals surface area contributed by atoms with Gasteiger partial charge in [-0.1, -0.05) is 0 Å². The van der Waals surface area contributed by atoms with Crippen LogP contribution in [0.3, 0.4) is 0 Å². The predicted molar refractivity (Wildman–Crippen MR) is 110 cm³/mol. The van der Waals surface area contributed by atoms with Crippen molar-refractivity contribution in [1.82, 2.24) is 0 Å². The SMILES string of the molecule is Cc1ccccc1[Se]c1cc(-c2ccccc2)[te]c1-c1ccccc1. The molecule has 0 aliphatic heterocycles. The van der Waals surface area contributed by atoms with Gasteiger partial charge in [-0.2, -0.15) is 0 Å². The summed E-state index contributed by atoms with van der Waals surface area (Å²) in [6, 6.07) is 33.2. The zero-order valence-corrected chi connectivity index (χ0v) is 18.0. The summed E-state index contributed by atoms with van der Waals surface area (Å²) in [5.41, 5.74) is 4.22. The summed E-state index contributed by atoms with van der Waals surface area (Å²) in [5.74, 6) is 0. The normalized spacial score (nSPS) is 10.8. The van der Waals surface area contributed by atoms with Crippen LogP contribution in [0.25, 0.3) is 18.3 Å². The second kappa shape index (κ2) is 7.77. The van der Waals surface area contributed by atoms with Gasteiger partial charge < -0.3 is 0 Å². The van der Waals surface area contributed by atoms with Crippen LogP contribution in [0.5, 0.6) is 0 Å². The van der Waals surface area contributed by atoms with Crippen molar-refractivity contribution < 1.29 is 0 Å². The predicted octanol–water partition coefficient (Wildman–Crippen LogP) is 4.04. The molecule has 0 nitrogen and oxygen atoms in total. The van der Waals surface area contributed by atoms with Crippen LogP contribution in [-0.4, -0.2) is 35.4 Å². The molecule has 0 N–H and O–H groups in total. The van der Waals surface area contributed by atoms with Gasteiger partial charge in [0.05, 0.1) is 0 Å². The number of rotatable bonds is 4. The minimum absolute atomic E-state index is 0.351. The molecule has 2 heteroatoms. The van der Waals surface area contributed by atoms with Crippen molar-refractivity contribution in [2.45, 2.75) is 6.92 Å². The molecule has 4 aromatic rings. The molecule has 0 atom stereocenters. The Kier molecular flexibility index (Phi) is 5.25. The summed E-state index contributed by atoms with van der Waals surface area (Å²) in [5, 5.41) is 0. The van der Waals surface area contributed by atoms with E-state index >= 15 is 0 Å². The third-order valence-electron chi connectivity index (χ3n) is 4.11. The van der Waals surface area contributed by atoms with Crippen LogP contribution < -0.4 is 8.92 Å². The Balaban J connectivity index is 1.81. The molecule has 1 aromatic heterocycles. The van der Waals surface area contributed by atoms with E-state index in [2.05, 4.69) is 97.9 Å². The van der Waals surface area contributed by atoms with Gasteiger partial charge in [0, 0.05) is 0 Å². The second-order valence-corrected chi connectivity index (χ2v) is 11.2. The minimum atomic E-state index is -0.351. The summed E-state index contributed by atoms with van der Waals surface area (Å²) < 4.78 is 6.24. The number of aryl methyl sites for hydroxylation is 1. The van der Waals surface area contributed by atoms with Crippen molar-refractivity contribution in [2.24, 2.45) is 0 Å². The van der Waals surface area contributed by atoms with Gasteiger partial charge in [-0.05, 0) is 0 Å². The van der Waals surface area contributed by atoms with E-state index in [0.717, 1.165) is 0 Å². The molecular weight excluding hydrogens is 483 g/mol. The van der Waals surface area contributed by atoms with E-state index in [1.54, 1.807) is 11.6 Å². The Labute approximate surface area is 165 Å². The molecular formula is C23H18SeTe. The average molecular weight is 501 g/mol. The molecule has 0 bridgehead atoms. The van der Waals surface area contributed by atoms with Crippen molar-refractivity contribution in [2.75, 3.05) is 0 Å². The summed E-state index contributed by atoms with van der Waals surface area (Å²) in [4.78, 5) is 0. The van der Waals surface area contributed by atoms with Crippen LogP contribution >= 0.6 is 0 Å². The molecule has 4 rings (SSSR count). The van der Waals surface area contributed by atoms with E-state index in [9.17, 15) is 0 Å². The van der Waals surface area contributed by atoms with E-state index in [1.165, 1.54) is 21.2 Å². The first kappa shape index (κ1) is 16.9. The van der Waals surface area contributed by atoms with E-state index in [1.807, 2.05) is 0 Å². The van der Waals surface area contributed by atoms with Crippen molar-refractivity contribution in [1.29, 1.82) is 0 Å². The first-order valence-electron chi connectivity index (χ1n) is 8.29. The van der Waals surface area contributed by atoms with Crippen LogP contribution in [0.15, 0.2) is 91.0 Å². The molecule has 0 radical (unpaired) electrons. The van der Waals surface area contributed by atoms with E-state index in [0.29, 0.717) is 15.0 Å². The first-order valence-corrected chi connectivity index (χ1v) is 12.3. The molecule has 122 valence electrons. The molecule has 3 aromatic carbocycles. The van der Waals surface area contributed by atoms with Gasteiger partial charge in [0.2, 0.25) is 0 Å². The van der Waals surface area contributed by atoms with Crippen LogP contribution in [0.4, 0.5) is 0 Å².